The molecule has 0 amide bonds. The maximum atomic E-state index is 8.46. The van der Waals surface area contributed by atoms with Crippen molar-refractivity contribution in [2.45, 2.75) is 45.1 Å². The summed E-state index contributed by atoms with van der Waals surface area (Å²) in [7, 11) is 0. The molecule has 0 saturated heterocycles. The van der Waals surface area contributed by atoms with Gasteiger partial charge in [0.15, 0.2) is 0 Å². The van der Waals surface area contributed by atoms with Gasteiger partial charge in [0.2, 0.25) is 0 Å². The normalized spacial score (nSPS) is 26.3. The Balaban J connectivity index is 1.69. The fourth-order valence-corrected chi connectivity index (χ4v) is 2.39. The lowest BCUT2D eigenvalue weighted by atomic mass is 10.0. The van der Waals surface area contributed by atoms with Crippen molar-refractivity contribution in [2.24, 2.45) is 22.2 Å². The molecule has 4 nitrogen and oxygen atoms in total. The maximum Gasteiger partial charge on any atom is 0.140 e. The molecule has 0 spiro atoms. The van der Waals surface area contributed by atoms with Crippen LogP contribution in [0.2, 0.25) is 0 Å². The standard InChI is InChI=1S/C11H21N3O/c1-8(6-10(12)14-15)13-7-11(4-5-11)9-2-3-9/h8-9,13,15H,2-7H2,1H3,(H2,12,14). The van der Waals surface area contributed by atoms with Gasteiger partial charge in [-0.15, -0.1) is 0 Å². The number of nitrogens with two attached hydrogens (primary N) is 1. The van der Waals surface area contributed by atoms with Crippen molar-refractivity contribution in [3.63, 3.8) is 0 Å². The zero-order chi connectivity index (χ0) is 10.9. The average molecular weight is 211 g/mol. The topological polar surface area (TPSA) is 70.6 Å². The summed E-state index contributed by atoms with van der Waals surface area (Å²) in [5.74, 6) is 1.30. The van der Waals surface area contributed by atoms with Gasteiger partial charge in [-0.1, -0.05) is 5.16 Å². The number of oxime groups is 1. The second kappa shape index (κ2) is 4.00. The van der Waals surface area contributed by atoms with E-state index < -0.39 is 0 Å². The molecule has 0 aromatic carbocycles. The van der Waals surface area contributed by atoms with Crippen molar-refractivity contribution in [3.8, 4) is 0 Å². The Labute approximate surface area is 90.9 Å². The Morgan fingerprint density at radius 1 is 1.60 bits per heavy atom. The smallest absolute Gasteiger partial charge is 0.140 e. The van der Waals surface area contributed by atoms with Crippen LogP contribution in [0.1, 0.15) is 39.0 Å². The third-order valence-electron chi connectivity index (χ3n) is 3.78. The molecule has 0 aromatic rings. The van der Waals surface area contributed by atoms with Crippen LogP contribution in [0.25, 0.3) is 0 Å². The largest absolute Gasteiger partial charge is 0.409 e. The summed E-state index contributed by atoms with van der Waals surface area (Å²) in [4.78, 5) is 0. The molecule has 2 aliphatic rings. The molecule has 2 fully saturated rings. The van der Waals surface area contributed by atoms with Crippen LogP contribution in [0.3, 0.4) is 0 Å². The van der Waals surface area contributed by atoms with Crippen molar-refractivity contribution in [1.82, 2.24) is 5.32 Å². The lowest BCUT2D eigenvalue weighted by Gasteiger charge is -2.19. The summed E-state index contributed by atoms with van der Waals surface area (Å²) in [6.45, 7) is 3.19. The van der Waals surface area contributed by atoms with Gasteiger partial charge in [0, 0.05) is 19.0 Å². The molecule has 15 heavy (non-hydrogen) atoms. The lowest BCUT2D eigenvalue weighted by molar-refractivity contribution is 0.315. The predicted octanol–water partition coefficient (Wildman–Crippen LogP) is 1.29. The fraction of sp³-hybridized carbons (Fsp3) is 0.909. The van der Waals surface area contributed by atoms with Crippen LogP contribution in [-0.2, 0) is 0 Å². The van der Waals surface area contributed by atoms with Crippen molar-refractivity contribution < 1.29 is 5.21 Å². The fourth-order valence-electron chi connectivity index (χ4n) is 2.39. The third kappa shape index (κ3) is 2.62. The minimum Gasteiger partial charge on any atom is -0.409 e. The Morgan fingerprint density at radius 3 is 2.73 bits per heavy atom. The van der Waals surface area contributed by atoms with Crippen LogP contribution in [-0.4, -0.2) is 23.6 Å². The molecular weight excluding hydrogens is 190 g/mol. The molecule has 2 aliphatic carbocycles. The van der Waals surface area contributed by atoms with Crippen LogP contribution in [0, 0.1) is 11.3 Å². The SMILES string of the molecule is CC(CC(N)=NO)NCC1(C2CC2)CC1. The van der Waals surface area contributed by atoms with E-state index in [-0.39, 0.29) is 0 Å². The highest BCUT2D eigenvalue weighted by Gasteiger charge is 2.53. The Bertz CT molecular complexity index is 257. The highest BCUT2D eigenvalue weighted by atomic mass is 16.4. The van der Waals surface area contributed by atoms with Crippen LogP contribution < -0.4 is 11.1 Å². The highest BCUT2D eigenvalue weighted by molar-refractivity contribution is 5.80. The third-order valence-corrected chi connectivity index (χ3v) is 3.78. The zero-order valence-corrected chi connectivity index (χ0v) is 9.37. The summed E-state index contributed by atoms with van der Waals surface area (Å²) in [6.07, 6.45) is 6.26. The molecule has 0 heterocycles. The van der Waals surface area contributed by atoms with E-state index in [4.69, 9.17) is 10.9 Å². The van der Waals surface area contributed by atoms with E-state index in [0.29, 0.717) is 23.7 Å². The monoisotopic (exact) mass is 211 g/mol. The van der Waals surface area contributed by atoms with E-state index in [1.165, 1.54) is 25.7 Å². The van der Waals surface area contributed by atoms with E-state index >= 15 is 0 Å². The average Bonchev–Trinajstić information content (AvgIpc) is 3.04. The second-order valence-electron chi connectivity index (χ2n) is 5.21. The maximum absolute atomic E-state index is 8.46. The summed E-state index contributed by atoms with van der Waals surface area (Å²) >= 11 is 0. The molecule has 0 radical (unpaired) electrons. The summed E-state index contributed by atoms with van der Waals surface area (Å²) < 4.78 is 0. The number of rotatable bonds is 6. The van der Waals surface area contributed by atoms with Crippen LogP contribution in [0.15, 0.2) is 5.16 Å². The quantitative estimate of drug-likeness (QED) is 0.268. The number of hydrogen-bond acceptors (Lipinski definition) is 3. The van der Waals surface area contributed by atoms with Crippen molar-refractivity contribution in [3.05, 3.63) is 0 Å². The molecule has 86 valence electrons. The summed E-state index contributed by atoms with van der Waals surface area (Å²) in [5, 5.41) is 14.9. The van der Waals surface area contributed by atoms with E-state index in [9.17, 15) is 0 Å². The van der Waals surface area contributed by atoms with Gasteiger partial charge in [0.1, 0.15) is 5.84 Å². The first-order chi connectivity index (χ1) is 7.16. The van der Waals surface area contributed by atoms with Crippen molar-refractivity contribution in [2.75, 3.05) is 6.54 Å². The molecule has 4 N–H and O–H groups in total. The van der Waals surface area contributed by atoms with Gasteiger partial charge in [0.05, 0.1) is 0 Å². The van der Waals surface area contributed by atoms with Gasteiger partial charge in [0.25, 0.3) is 0 Å². The van der Waals surface area contributed by atoms with E-state index in [2.05, 4.69) is 17.4 Å². The van der Waals surface area contributed by atoms with Crippen molar-refractivity contribution >= 4 is 5.84 Å². The van der Waals surface area contributed by atoms with Gasteiger partial charge in [-0.05, 0) is 43.9 Å². The van der Waals surface area contributed by atoms with E-state index in [0.717, 1.165) is 12.5 Å². The number of nitrogens with zero attached hydrogens (tertiary/aromatic N) is 1. The van der Waals surface area contributed by atoms with Crippen LogP contribution >= 0.6 is 0 Å². The molecule has 0 aliphatic heterocycles. The van der Waals surface area contributed by atoms with Crippen LogP contribution in [0.5, 0.6) is 0 Å². The number of hydrogen-bond donors (Lipinski definition) is 3. The van der Waals surface area contributed by atoms with E-state index in [1.807, 2.05) is 0 Å². The predicted molar refractivity (Wildman–Crippen MR) is 59.9 cm³/mol. The molecule has 4 heteroatoms. The Kier molecular flexibility index (Phi) is 2.87. The Hall–Kier alpha value is -0.770. The first-order valence-corrected chi connectivity index (χ1v) is 5.86. The van der Waals surface area contributed by atoms with Gasteiger partial charge >= 0.3 is 0 Å². The molecule has 2 rings (SSSR count). The van der Waals surface area contributed by atoms with Gasteiger partial charge < -0.3 is 16.3 Å². The van der Waals surface area contributed by atoms with Crippen LogP contribution in [0.4, 0.5) is 0 Å². The minimum atomic E-state index is 0.303. The van der Waals surface area contributed by atoms with Gasteiger partial charge in [-0.3, -0.25) is 0 Å². The first kappa shape index (κ1) is 10.7. The summed E-state index contributed by atoms with van der Waals surface area (Å²) in [5.41, 5.74) is 6.09. The van der Waals surface area contributed by atoms with Gasteiger partial charge in [-0.25, -0.2) is 0 Å². The highest BCUT2D eigenvalue weighted by Crippen LogP contribution is 2.60. The molecule has 2 saturated carbocycles. The second-order valence-corrected chi connectivity index (χ2v) is 5.21. The Morgan fingerprint density at radius 2 is 2.27 bits per heavy atom. The zero-order valence-electron chi connectivity index (χ0n) is 9.37. The van der Waals surface area contributed by atoms with E-state index in [1.54, 1.807) is 0 Å². The number of amidine groups is 1. The molecule has 1 unspecified atom stereocenters. The van der Waals surface area contributed by atoms with Gasteiger partial charge in [-0.2, -0.15) is 0 Å². The molecular formula is C11H21N3O. The molecule has 0 bridgehead atoms. The summed E-state index contributed by atoms with van der Waals surface area (Å²) in [6, 6.07) is 0.303. The minimum absolute atomic E-state index is 0.303. The number of nitrogens with one attached hydrogen (secondary N) is 1. The molecule has 0 aromatic heterocycles. The van der Waals surface area contributed by atoms with Crippen molar-refractivity contribution in [1.29, 1.82) is 0 Å². The molecule has 1 atom stereocenters. The first-order valence-electron chi connectivity index (χ1n) is 5.86. The lowest BCUT2D eigenvalue weighted by Crippen LogP contribution is -2.35.